The number of carboxylic acids is 1. The average Bonchev–Trinajstić information content (AvgIpc) is 4.35. The van der Waals surface area contributed by atoms with Crippen LogP contribution in [0, 0.1) is 0 Å². The lowest BCUT2D eigenvalue weighted by molar-refractivity contribution is -0.147. The van der Waals surface area contributed by atoms with Gasteiger partial charge < -0.3 is 59.2 Å². The Bertz CT molecular complexity index is 3270. The Balaban J connectivity index is 0.000000263. The molecule has 0 bridgehead atoms. The van der Waals surface area contributed by atoms with Crippen LogP contribution in [0.1, 0.15) is 101 Å². The number of H-pyrrole nitrogens is 2. The minimum Gasteiger partial charge on any atom is -0.480 e. The number of nitrogens with one attached hydrogen (secondary N) is 4. The zero-order valence-corrected chi connectivity index (χ0v) is 48.1. The number of ether oxygens (including phenoxy) is 5. The predicted molar refractivity (Wildman–Crippen MR) is 308 cm³/mol. The number of alkyl carbamates (subject to hydrolysis) is 2. The van der Waals surface area contributed by atoms with Crippen LogP contribution < -0.4 is 10.6 Å². The summed E-state index contributed by atoms with van der Waals surface area (Å²) in [6.45, 7) is 8.71. The minimum atomic E-state index is -1.18. The molecule has 10 rings (SSSR count). The van der Waals surface area contributed by atoms with E-state index in [2.05, 4.69) is 74.1 Å². The fourth-order valence-electron chi connectivity index (χ4n) is 11.9. The number of carbonyl (C=O) groups is 6. The Morgan fingerprint density at radius 3 is 1.70 bits per heavy atom. The summed E-state index contributed by atoms with van der Waals surface area (Å²) in [5.74, 6) is -0.173. The lowest BCUT2D eigenvalue weighted by Crippen LogP contribution is -2.57. The van der Waals surface area contributed by atoms with Crippen LogP contribution in [-0.4, -0.2) is 160 Å². The van der Waals surface area contributed by atoms with Crippen LogP contribution in [0.2, 0.25) is 0 Å². The number of methoxy groups -OCH3 is 4. The van der Waals surface area contributed by atoms with Gasteiger partial charge in [0.05, 0.1) is 61.8 Å². The molecule has 0 radical (unpaired) electrons. The molecule has 0 spiro atoms. The molecule has 5 heterocycles. The van der Waals surface area contributed by atoms with Crippen molar-refractivity contribution in [2.75, 3.05) is 54.7 Å². The van der Waals surface area contributed by atoms with Crippen molar-refractivity contribution in [2.45, 2.75) is 114 Å². The van der Waals surface area contributed by atoms with Gasteiger partial charge in [0.1, 0.15) is 35.9 Å². The molecule has 6 aromatic rings. The summed E-state index contributed by atoms with van der Waals surface area (Å²) in [6.07, 6.45) is 4.64. The molecular weight excluding hydrogens is 1060 g/mol. The molecular formula is C62H73N9O12. The monoisotopic (exact) mass is 1140 g/mol. The molecule has 2 aromatic heterocycles. The Kier molecular flexibility index (Phi) is 18.0. The Hall–Kier alpha value is -8.56. The van der Waals surface area contributed by atoms with E-state index < -0.39 is 59.6 Å². The maximum Gasteiger partial charge on any atom is 0.410 e. The average molecular weight is 1140 g/mol. The third-order valence-corrected chi connectivity index (χ3v) is 17.0. The highest BCUT2D eigenvalue weighted by molar-refractivity contribution is 5.88. The smallest absolute Gasteiger partial charge is 0.410 e. The van der Waals surface area contributed by atoms with Gasteiger partial charge in [0.25, 0.3) is 0 Å². The van der Waals surface area contributed by atoms with E-state index in [1.54, 1.807) is 43.0 Å². The summed E-state index contributed by atoms with van der Waals surface area (Å²) < 4.78 is 25.9. The van der Waals surface area contributed by atoms with Crippen molar-refractivity contribution in [3.63, 3.8) is 0 Å². The van der Waals surface area contributed by atoms with Gasteiger partial charge in [-0.3, -0.25) is 14.5 Å². The number of hydrogen-bond donors (Lipinski definition) is 5. The highest BCUT2D eigenvalue weighted by Gasteiger charge is 2.48. The van der Waals surface area contributed by atoms with E-state index in [0.29, 0.717) is 50.5 Å². The first kappa shape index (κ1) is 59.1. The number of rotatable bonds is 16. The Morgan fingerprint density at radius 1 is 0.639 bits per heavy atom. The molecule has 7 atom stereocenters. The normalized spacial score (nSPS) is 20.5. The lowest BCUT2D eigenvalue weighted by Gasteiger charge is -2.37. The topological polar surface area (TPSA) is 260 Å². The van der Waals surface area contributed by atoms with Crippen molar-refractivity contribution >= 4 is 36.1 Å². The molecule has 4 aromatic carbocycles. The summed E-state index contributed by atoms with van der Waals surface area (Å²) in [7, 11) is 5.50. The molecule has 3 fully saturated rings. The van der Waals surface area contributed by atoms with Crippen LogP contribution >= 0.6 is 0 Å². The van der Waals surface area contributed by atoms with E-state index in [1.807, 2.05) is 55.5 Å². The van der Waals surface area contributed by atoms with Gasteiger partial charge in [-0.2, -0.15) is 0 Å². The van der Waals surface area contributed by atoms with Crippen molar-refractivity contribution in [1.82, 2.24) is 45.3 Å². The lowest BCUT2D eigenvalue weighted by atomic mass is 9.96. The summed E-state index contributed by atoms with van der Waals surface area (Å²) in [5.41, 5.74) is 8.35. The van der Waals surface area contributed by atoms with E-state index in [1.165, 1.54) is 44.5 Å². The van der Waals surface area contributed by atoms with Gasteiger partial charge in [-0.05, 0) is 111 Å². The number of imidazole rings is 2. The van der Waals surface area contributed by atoms with Crippen molar-refractivity contribution in [1.29, 1.82) is 0 Å². The van der Waals surface area contributed by atoms with Gasteiger partial charge in [-0.25, -0.2) is 29.1 Å². The first-order chi connectivity index (χ1) is 39.9. The van der Waals surface area contributed by atoms with Crippen molar-refractivity contribution in [2.24, 2.45) is 0 Å². The first-order valence-corrected chi connectivity index (χ1v) is 28.0. The number of nitrogens with zero attached hydrogens (tertiary/aromatic N) is 5. The van der Waals surface area contributed by atoms with Gasteiger partial charge in [0, 0.05) is 39.8 Å². The van der Waals surface area contributed by atoms with Crippen LogP contribution in [0.3, 0.4) is 0 Å². The number of carbonyl (C=O) groups excluding carboxylic acids is 5. The second-order valence-electron chi connectivity index (χ2n) is 21.8. The third kappa shape index (κ3) is 12.0. The standard InChI is InChI=1S/C41H52N8O8.C21H21NO4/c1-24(54-4)33(46-39(52)56-6)36(50)48-20-8-10-32(48)35-42-22-30(44-35)28-15-11-26(12-16-28)27-13-17-29(18-14-27)31-23-43-38(45-31)41(3)19-9-21-49(41)37(51)34(25(2)55-5)47-40(53)57-7;1-21(19(23)24)11-6-12-22(21)20(25)26-13-18-16-9-4-2-7-14(16)15-8-3-5-10-17(15)18/h11-18,22-25,32-34H,8-10,19-21H2,1-7H3,(H,42,44)(H,43,45)(H,46,52)(H,47,53);2-5,7-10,18H,6,11-13H2,1H3,(H,23,24)/t24-,25-,32+,33+,34+,41+;21-/m10/s1. The molecule has 83 heavy (non-hydrogen) atoms. The third-order valence-electron chi connectivity index (χ3n) is 17.0. The Morgan fingerprint density at radius 2 is 1.14 bits per heavy atom. The maximum absolute atomic E-state index is 13.8. The van der Waals surface area contributed by atoms with Crippen molar-refractivity contribution in [3.8, 4) is 44.8 Å². The number of carboxylic acid groups (broad SMARTS) is 1. The minimum absolute atomic E-state index is 0.0231. The van der Waals surface area contributed by atoms with E-state index in [4.69, 9.17) is 28.7 Å². The molecule has 5 amide bonds. The number of benzene rings is 4. The van der Waals surface area contributed by atoms with Crippen LogP contribution in [0.4, 0.5) is 14.4 Å². The van der Waals surface area contributed by atoms with E-state index in [9.17, 15) is 33.9 Å². The van der Waals surface area contributed by atoms with Gasteiger partial charge in [-0.15, -0.1) is 0 Å². The van der Waals surface area contributed by atoms with Gasteiger partial charge in [0.2, 0.25) is 11.8 Å². The van der Waals surface area contributed by atoms with Crippen LogP contribution in [0.5, 0.6) is 0 Å². The summed E-state index contributed by atoms with van der Waals surface area (Å²) in [5, 5.41) is 14.7. The SMILES string of the molecule is COC(=O)N[C@H](C(=O)N1CCC[C@H]1c1ncc(-c2ccc(-c3ccc(-c4cnc([C@]5(C)CCCN5C(=O)[C@@H](NC(=O)OC)[C@@H](C)OC)[nH]4)cc3)cc2)[nH]1)[C@@H](C)OC.C[C@@]1(C(=O)O)CCCN1C(=O)OCC1c2ccccc2-c2ccccc21. The second-order valence-corrected chi connectivity index (χ2v) is 21.8. The van der Waals surface area contributed by atoms with Gasteiger partial charge >= 0.3 is 24.2 Å². The fourth-order valence-corrected chi connectivity index (χ4v) is 11.9. The van der Waals surface area contributed by atoms with E-state index in [-0.39, 0.29) is 30.4 Å². The number of aromatic nitrogens is 4. The number of aromatic amines is 2. The summed E-state index contributed by atoms with van der Waals surface area (Å²) in [6, 6.07) is 30.5. The number of likely N-dealkylation sites (tertiary alicyclic amines) is 3. The summed E-state index contributed by atoms with van der Waals surface area (Å²) >= 11 is 0. The van der Waals surface area contributed by atoms with Crippen molar-refractivity contribution < 1.29 is 57.6 Å². The molecule has 3 saturated heterocycles. The number of fused-ring (bicyclic) bond motifs is 3. The van der Waals surface area contributed by atoms with Gasteiger partial charge in [-0.1, -0.05) is 97.1 Å². The molecule has 4 aliphatic rings. The second kappa shape index (κ2) is 25.3. The quantitative estimate of drug-likeness (QED) is 0.0567. The molecule has 21 nitrogen and oxygen atoms in total. The molecule has 1 aliphatic carbocycles. The maximum atomic E-state index is 13.8. The number of hydrogen-bond acceptors (Lipinski definition) is 13. The molecule has 438 valence electrons. The van der Waals surface area contributed by atoms with E-state index >= 15 is 0 Å². The number of amides is 5. The fraction of sp³-hybridized carbons (Fsp3) is 0.419. The molecule has 0 saturated carbocycles. The molecule has 21 heteroatoms. The van der Waals surface area contributed by atoms with Crippen molar-refractivity contribution in [3.05, 3.63) is 132 Å². The Labute approximate surface area is 482 Å². The van der Waals surface area contributed by atoms with Crippen LogP contribution in [0.15, 0.2) is 109 Å². The molecule has 3 aliphatic heterocycles. The molecule has 5 N–H and O–H groups in total. The summed E-state index contributed by atoms with van der Waals surface area (Å²) in [4.78, 5) is 96.8. The highest BCUT2D eigenvalue weighted by atomic mass is 16.6. The number of aliphatic carboxylic acids is 1. The predicted octanol–water partition coefficient (Wildman–Crippen LogP) is 9.03. The largest absolute Gasteiger partial charge is 0.480 e. The van der Waals surface area contributed by atoms with Crippen LogP contribution in [-0.2, 0) is 43.6 Å². The first-order valence-electron chi connectivity index (χ1n) is 28.0. The molecule has 0 unspecified atom stereocenters. The highest BCUT2D eigenvalue weighted by Crippen LogP contribution is 2.45. The van der Waals surface area contributed by atoms with Gasteiger partial charge in [0.15, 0.2) is 0 Å². The van der Waals surface area contributed by atoms with E-state index in [0.717, 1.165) is 64.0 Å². The van der Waals surface area contributed by atoms with Crippen LogP contribution in [0.25, 0.3) is 44.8 Å². The zero-order valence-electron chi connectivity index (χ0n) is 48.1. The zero-order chi connectivity index (χ0) is 59.2.